The molecule has 2 rings (SSSR count). The molecule has 2 unspecified atom stereocenters. The van der Waals surface area contributed by atoms with Crippen LogP contribution in [0.4, 0.5) is 15.8 Å². The topological polar surface area (TPSA) is 81.2 Å². The van der Waals surface area contributed by atoms with Crippen LogP contribution in [0.2, 0.25) is 0 Å². The lowest BCUT2D eigenvalue weighted by Crippen LogP contribution is -2.35. The molecule has 3 N–H and O–H groups in total. The average molecular weight is 253 g/mol. The number of anilines is 1. The molecule has 0 amide bonds. The highest BCUT2D eigenvalue weighted by atomic mass is 19.1. The zero-order valence-corrected chi connectivity index (χ0v) is 9.93. The van der Waals surface area contributed by atoms with Crippen molar-refractivity contribution < 1.29 is 9.31 Å². The van der Waals surface area contributed by atoms with Crippen molar-refractivity contribution in [2.75, 3.05) is 5.32 Å². The molecule has 1 aliphatic carbocycles. The summed E-state index contributed by atoms with van der Waals surface area (Å²) in [6.07, 6.45) is 3.49. The molecule has 6 heteroatoms. The van der Waals surface area contributed by atoms with Crippen molar-refractivity contribution in [1.82, 2.24) is 0 Å². The van der Waals surface area contributed by atoms with Gasteiger partial charge >= 0.3 is 0 Å². The Labute approximate surface area is 104 Å². The third kappa shape index (κ3) is 2.76. The van der Waals surface area contributed by atoms with E-state index >= 15 is 0 Å². The molecule has 98 valence electrons. The number of nitrogens with zero attached hydrogens (tertiary/aromatic N) is 1. The molecule has 0 spiro atoms. The normalized spacial score (nSPS) is 23.7. The Morgan fingerprint density at radius 1 is 1.44 bits per heavy atom. The molecular formula is C12H16FN3O2. The molecule has 1 saturated carbocycles. The molecule has 0 heterocycles. The first-order valence-corrected chi connectivity index (χ1v) is 6.03. The summed E-state index contributed by atoms with van der Waals surface area (Å²) in [5.41, 5.74) is 5.59. The Morgan fingerprint density at radius 2 is 2.22 bits per heavy atom. The number of hydrogen-bond acceptors (Lipinski definition) is 4. The molecule has 1 aliphatic rings. The first-order valence-electron chi connectivity index (χ1n) is 6.03. The van der Waals surface area contributed by atoms with Gasteiger partial charge in [0.15, 0.2) is 5.82 Å². The van der Waals surface area contributed by atoms with Gasteiger partial charge in [0.2, 0.25) is 0 Å². The van der Waals surface area contributed by atoms with E-state index in [0.29, 0.717) is 6.42 Å². The fraction of sp³-hybridized carbons (Fsp3) is 0.500. The van der Waals surface area contributed by atoms with Crippen molar-refractivity contribution in [2.24, 2.45) is 5.73 Å². The van der Waals surface area contributed by atoms with Gasteiger partial charge in [0.05, 0.1) is 4.92 Å². The predicted molar refractivity (Wildman–Crippen MR) is 66.9 cm³/mol. The van der Waals surface area contributed by atoms with Crippen LogP contribution in [0.1, 0.15) is 25.7 Å². The van der Waals surface area contributed by atoms with Crippen LogP contribution in [-0.2, 0) is 0 Å². The maximum absolute atomic E-state index is 13.7. The van der Waals surface area contributed by atoms with Crippen LogP contribution >= 0.6 is 0 Å². The molecular weight excluding hydrogens is 237 g/mol. The number of rotatable bonds is 3. The van der Waals surface area contributed by atoms with E-state index in [0.717, 1.165) is 19.3 Å². The fourth-order valence-electron chi connectivity index (χ4n) is 2.37. The summed E-state index contributed by atoms with van der Waals surface area (Å²) in [6.45, 7) is 0. The number of benzene rings is 1. The monoisotopic (exact) mass is 253 g/mol. The molecule has 1 aromatic rings. The van der Waals surface area contributed by atoms with Gasteiger partial charge < -0.3 is 11.1 Å². The number of nitro benzene ring substituents is 1. The maximum atomic E-state index is 13.7. The van der Waals surface area contributed by atoms with Gasteiger partial charge in [-0.15, -0.1) is 0 Å². The number of nitro groups is 1. The Balaban J connectivity index is 2.20. The summed E-state index contributed by atoms with van der Waals surface area (Å²) in [5, 5.41) is 13.8. The van der Waals surface area contributed by atoms with E-state index in [9.17, 15) is 14.5 Å². The molecule has 0 aromatic heterocycles. The van der Waals surface area contributed by atoms with Gasteiger partial charge in [0, 0.05) is 18.2 Å². The number of halogens is 1. The second-order valence-corrected chi connectivity index (χ2v) is 4.66. The minimum absolute atomic E-state index is 0.00403. The van der Waals surface area contributed by atoms with Gasteiger partial charge in [0.1, 0.15) is 5.69 Å². The number of hydrogen-bond donors (Lipinski definition) is 2. The summed E-state index contributed by atoms with van der Waals surface area (Å²) in [6, 6.07) is 3.95. The molecule has 0 saturated heterocycles. The highest BCUT2D eigenvalue weighted by molar-refractivity contribution is 5.62. The lowest BCUT2D eigenvalue weighted by atomic mass is 9.91. The first kappa shape index (κ1) is 12.8. The first-order chi connectivity index (χ1) is 8.58. The summed E-state index contributed by atoms with van der Waals surface area (Å²) < 4.78 is 13.7. The largest absolute Gasteiger partial charge is 0.374 e. The minimum Gasteiger partial charge on any atom is -0.374 e. The molecule has 1 fully saturated rings. The lowest BCUT2D eigenvalue weighted by molar-refractivity contribution is -0.384. The summed E-state index contributed by atoms with van der Waals surface area (Å²) in [4.78, 5) is 10.3. The zero-order chi connectivity index (χ0) is 13.1. The third-order valence-corrected chi connectivity index (χ3v) is 3.25. The molecule has 5 nitrogen and oxygen atoms in total. The van der Waals surface area contributed by atoms with Gasteiger partial charge in [-0.05, 0) is 31.7 Å². The average Bonchev–Trinajstić information content (AvgIpc) is 2.31. The van der Waals surface area contributed by atoms with Crippen LogP contribution in [0.25, 0.3) is 0 Å². The number of nitrogens with one attached hydrogen (secondary N) is 1. The highest BCUT2D eigenvalue weighted by Gasteiger charge is 2.24. The van der Waals surface area contributed by atoms with Crippen LogP contribution in [0.15, 0.2) is 18.2 Å². The molecule has 1 aromatic carbocycles. The smallest absolute Gasteiger partial charge is 0.295 e. The van der Waals surface area contributed by atoms with Gasteiger partial charge in [-0.2, -0.15) is 0 Å². The van der Waals surface area contributed by atoms with Crippen molar-refractivity contribution in [3.63, 3.8) is 0 Å². The van der Waals surface area contributed by atoms with Crippen molar-refractivity contribution in [3.8, 4) is 0 Å². The Morgan fingerprint density at radius 3 is 2.89 bits per heavy atom. The summed E-state index contributed by atoms with van der Waals surface area (Å²) >= 11 is 0. The van der Waals surface area contributed by atoms with Gasteiger partial charge in [-0.3, -0.25) is 10.1 Å². The molecule has 0 bridgehead atoms. The van der Waals surface area contributed by atoms with Crippen molar-refractivity contribution in [2.45, 2.75) is 37.8 Å². The van der Waals surface area contributed by atoms with Crippen molar-refractivity contribution >= 4 is 11.4 Å². The molecule has 18 heavy (non-hydrogen) atoms. The van der Waals surface area contributed by atoms with Crippen molar-refractivity contribution in [3.05, 3.63) is 34.1 Å². The quantitative estimate of drug-likeness (QED) is 0.640. The highest BCUT2D eigenvalue weighted by Crippen LogP contribution is 2.30. The van der Waals surface area contributed by atoms with Crippen LogP contribution in [0, 0.1) is 15.9 Å². The summed E-state index contributed by atoms with van der Waals surface area (Å²) in [7, 11) is 0. The van der Waals surface area contributed by atoms with E-state index in [4.69, 9.17) is 5.73 Å². The predicted octanol–water partition coefficient (Wildman–Crippen LogP) is 2.42. The molecule has 2 atom stereocenters. The summed E-state index contributed by atoms with van der Waals surface area (Å²) in [5.74, 6) is -0.594. The van der Waals surface area contributed by atoms with E-state index in [2.05, 4.69) is 5.32 Å². The Kier molecular flexibility index (Phi) is 3.76. The van der Waals surface area contributed by atoms with E-state index in [1.165, 1.54) is 18.2 Å². The van der Waals surface area contributed by atoms with E-state index in [1.807, 2.05) is 0 Å². The Bertz CT molecular complexity index is 453. The van der Waals surface area contributed by atoms with E-state index in [1.54, 1.807) is 0 Å². The van der Waals surface area contributed by atoms with E-state index < -0.39 is 10.7 Å². The van der Waals surface area contributed by atoms with Gasteiger partial charge in [-0.25, -0.2) is 4.39 Å². The van der Waals surface area contributed by atoms with Gasteiger partial charge in [-0.1, -0.05) is 6.07 Å². The second-order valence-electron chi connectivity index (χ2n) is 4.66. The fourth-order valence-corrected chi connectivity index (χ4v) is 2.37. The minimum atomic E-state index is -0.594. The van der Waals surface area contributed by atoms with Crippen LogP contribution in [0.5, 0.6) is 0 Å². The molecule has 0 aliphatic heterocycles. The number of para-hydroxylation sites is 1. The second kappa shape index (κ2) is 5.30. The maximum Gasteiger partial charge on any atom is 0.295 e. The van der Waals surface area contributed by atoms with Crippen LogP contribution in [0.3, 0.4) is 0 Å². The SMILES string of the molecule is NC1CCCC(Nc2c(F)cccc2[N+](=O)[O-])C1. The lowest BCUT2D eigenvalue weighted by Gasteiger charge is -2.28. The Hall–Kier alpha value is -1.69. The number of nitrogens with two attached hydrogens (primary N) is 1. The van der Waals surface area contributed by atoms with Gasteiger partial charge in [0.25, 0.3) is 5.69 Å². The standard InChI is InChI=1S/C12H16FN3O2/c13-10-5-2-6-11(16(17)18)12(10)15-9-4-1-3-8(14)7-9/h2,5-6,8-9,15H,1,3-4,7,14H2. The zero-order valence-electron chi connectivity index (χ0n) is 9.93. The van der Waals surface area contributed by atoms with Crippen LogP contribution in [-0.4, -0.2) is 17.0 Å². The van der Waals surface area contributed by atoms with Crippen LogP contribution < -0.4 is 11.1 Å². The molecule has 0 radical (unpaired) electrons. The van der Waals surface area contributed by atoms with E-state index in [-0.39, 0.29) is 23.5 Å². The van der Waals surface area contributed by atoms with Crippen molar-refractivity contribution in [1.29, 1.82) is 0 Å². The third-order valence-electron chi connectivity index (χ3n) is 3.25.